The second-order valence-electron chi connectivity index (χ2n) is 4.83. The van der Waals surface area contributed by atoms with E-state index in [-0.39, 0.29) is 0 Å². The highest BCUT2D eigenvalue weighted by Crippen LogP contribution is 2.18. The molecule has 0 saturated heterocycles. The van der Waals surface area contributed by atoms with Gasteiger partial charge in [-0.2, -0.15) is 0 Å². The highest BCUT2D eigenvalue weighted by Gasteiger charge is 2.11. The highest BCUT2D eigenvalue weighted by molar-refractivity contribution is 4.63. The van der Waals surface area contributed by atoms with E-state index in [1.54, 1.807) is 7.11 Å². The summed E-state index contributed by atoms with van der Waals surface area (Å²) >= 11 is 0. The lowest BCUT2D eigenvalue weighted by molar-refractivity contribution is 0.0704. The van der Waals surface area contributed by atoms with Crippen LogP contribution >= 0.6 is 0 Å². The second-order valence-corrected chi connectivity index (χ2v) is 4.83. The zero-order valence-corrected chi connectivity index (χ0v) is 11.6. The molecule has 16 heavy (non-hydrogen) atoms. The Labute approximate surface area is 102 Å². The summed E-state index contributed by atoms with van der Waals surface area (Å²) in [6, 6.07) is 0. The molecule has 0 rings (SSSR count). The van der Waals surface area contributed by atoms with Gasteiger partial charge in [-0.15, -0.1) is 0 Å². The first kappa shape index (κ1) is 15.9. The average molecular weight is 230 g/mol. The standard InChI is InChI=1S/C14H30O2/c1-5-6-7-10-14(16-4)12-13(2)9-8-11-15-3/h13-14H,5-12H2,1-4H3. The summed E-state index contributed by atoms with van der Waals surface area (Å²) in [6.45, 7) is 5.45. The van der Waals surface area contributed by atoms with Gasteiger partial charge in [-0.1, -0.05) is 33.1 Å². The third kappa shape index (κ3) is 9.17. The first-order valence-corrected chi connectivity index (χ1v) is 6.76. The molecule has 0 radical (unpaired) electrons. The van der Waals surface area contributed by atoms with Gasteiger partial charge in [0, 0.05) is 20.8 Å². The average Bonchev–Trinajstić information content (AvgIpc) is 2.28. The van der Waals surface area contributed by atoms with Crippen LogP contribution in [0, 0.1) is 5.92 Å². The number of hydrogen-bond acceptors (Lipinski definition) is 2. The maximum Gasteiger partial charge on any atom is 0.0573 e. The molecular weight excluding hydrogens is 200 g/mol. The fourth-order valence-corrected chi connectivity index (χ4v) is 2.10. The largest absolute Gasteiger partial charge is 0.385 e. The van der Waals surface area contributed by atoms with Crippen LogP contribution in [0.2, 0.25) is 0 Å². The maximum atomic E-state index is 5.54. The van der Waals surface area contributed by atoms with Crippen molar-refractivity contribution in [3.05, 3.63) is 0 Å². The van der Waals surface area contributed by atoms with Crippen molar-refractivity contribution >= 4 is 0 Å². The van der Waals surface area contributed by atoms with Crippen LogP contribution in [0.3, 0.4) is 0 Å². The Morgan fingerprint density at radius 1 is 1.00 bits per heavy atom. The van der Waals surface area contributed by atoms with Gasteiger partial charge < -0.3 is 9.47 Å². The predicted molar refractivity (Wildman–Crippen MR) is 69.8 cm³/mol. The normalized spacial score (nSPS) is 15.0. The van der Waals surface area contributed by atoms with Crippen LogP contribution in [0.4, 0.5) is 0 Å². The van der Waals surface area contributed by atoms with Crippen molar-refractivity contribution in [3.8, 4) is 0 Å². The van der Waals surface area contributed by atoms with E-state index in [1.807, 2.05) is 7.11 Å². The molecule has 98 valence electrons. The van der Waals surface area contributed by atoms with Crippen molar-refractivity contribution in [3.63, 3.8) is 0 Å². The zero-order chi connectivity index (χ0) is 12.2. The molecule has 0 aromatic rings. The SMILES string of the molecule is CCCCCC(CC(C)CCCOC)OC. The Kier molecular flexibility index (Phi) is 11.3. The minimum atomic E-state index is 0.462. The summed E-state index contributed by atoms with van der Waals surface area (Å²) in [4.78, 5) is 0. The zero-order valence-electron chi connectivity index (χ0n) is 11.6. The molecule has 0 aromatic carbocycles. The van der Waals surface area contributed by atoms with Crippen LogP contribution in [0.1, 0.15) is 58.8 Å². The monoisotopic (exact) mass is 230 g/mol. The predicted octanol–water partition coefficient (Wildman–Crippen LogP) is 4.03. The molecule has 2 atom stereocenters. The van der Waals surface area contributed by atoms with Gasteiger partial charge in [0.05, 0.1) is 6.10 Å². The van der Waals surface area contributed by atoms with Gasteiger partial charge in [0.2, 0.25) is 0 Å². The second kappa shape index (κ2) is 11.4. The lowest BCUT2D eigenvalue weighted by Gasteiger charge is -2.19. The van der Waals surface area contributed by atoms with E-state index in [1.165, 1.54) is 44.9 Å². The van der Waals surface area contributed by atoms with Gasteiger partial charge >= 0.3 is 0 Å². The van der Waals surface area contributed by atoms with E-state index in [4.69, 9.17) is 9.47 Å². The smallest absolute Gasteiger partial charge is 0.0573 e. The topological polar surface area (TPSA) is 18.5 Å². The van der Waals surface area contributed by atoms with Gasteiger partial charge in [-0.05, 0) is 31.6 Å². The lowest BCUT2D eigenvalue weighted by Crippen LogP contribution is -2.15. The molecule has 0 aliphatic rings. The Hall–Kier alpha value is -0.0800. The molecule has 2 nitrogen and oxygen atoms in total. The van der Waals surface area contributed by atoms with Crippen LogP contribution < -0.4 is 0 Å². The van der Waals surface area contributed by atoms with E-state index in [0.717, 1.165) is 12.5 Å². The molecule has 0 aliphatic carbocycles. The first-order chi connectivity index (χ1) is 7.74. The third-order valence-corrected chi connectivity index (χ3v) is 3.17. The molecule has 0 saturated carbocycles. The number of unbranched alkanes of at least 4 members (excludes halogenated alkanes) is 2. The minimum Gasteiger partial charge on any atom is -0.385 e. The van der Waals surface area contributed by atoms with Crippen LogP contribution in [0.15, 0.2) is 0 Å². The van der Waals surface area contributed by atoms with Crippen molar-refractivity contribution < 1.29 is 9.47 Å². The number of methoxy groups -OCH3 is 2. The molecule has 2 unspecified atom stereocenters. The summed E-state index contributed by atoms with van der Waals surface area (Å²) in [6.07, 6.45) is 9.23. The van der Waals surface area contributed by atoms with E-state index in [9.17, 15) is 0 Å². The van der Waals surface area contributed by atoms with Crippen LogP contribution in [0.25, 0.3) is 0 Å². The van der Waals surface area contributed by atoms with Crippen LogP contribution in [-0.2, 0) is 9.47 Å². The number of ether oxygens (including phenoxy) is 2. The van der Waals surface area contributed by atoms with Gasteiger partial charge in [0.1, 0.15) is 0 Å². The summed E-state index contributed by atoms with van der Waals surface area (Å²) in [5, 5.41) is 0. The van der Waals surface area contributed by atoms with E-state index < -0.39 is 0 Å². The van der Waals surface area contributed by atoms with Gasteiger partial charge in [-0.25, -0.2) is 0 Å². The molecule has 0 aromatic heterocycles. The Morgan fingerprint density at radius 3 is 2.31 bits per heavy atom. The molecule has 0 amide bonds. The summed E-state index contributed by atoms with van der Waals surface area (Å²) in [5.74, 6) is 0.752. The lowest BCUT2D eigenvalue weighted by atomic mass is 9.95. The first-order valence-electron chi connectivity index (χ1n) is 6.76. The fraction of sp³-hybridized carbons (Fsp3) is 1.00. The van der Waals surface area contributed by atoms with Crippen molar-refractivity contribution in [2.45, 2.75) is 64.9 Å². The third-order valence-electron chi connectivity index (χ3n) is 3.17. The minimum absolute atomic E-state index is 0.462. The van der Waals surface area contributed by atoms with E-state index in [2.05, 4.69) is 13.8 Å². The van der Waals surface area contributed by atoms with Crippen LogP contribution in [0.5, 0.6) is 0 Å². The quantitative estimate of drug-likeness (QED) is 0.499. The van der Waals surface area contributed by atoms with Crippen LogP contribution in [-0.4, -0.2) is 26.9 Å². The van der Waals surface area contributed by atoms with Gasteiger partial charge in [-0.3, -0.25) is 0 Å². The molecule has 0 N–H and O–H groups in total. The maximum absolute atomic E-state index is 5.54. The Bertz CT molecular complexity index is 137. The highest BCUT2D eigenvalue weighted by atomic mass is 16.5. The molecule has 0 fully saturated rings. The number of rotatable bonds is 11. The van der Waals surface area contributed by atoms with Gasteiger partial charge in [0.25, 0.3) is 0 Å². The van der Waals surface area contributed by atoms with Crippen molar-refractivity contribution in [2.75, 3.05) is 20.8 Å². The van der Waals surface area contributed by atoms with E-state index >= 15 is 0 Å². The molecular formula is C14H30O2. The Morgan fingerprint density at radius 2 is 1.75 bits per heavy atom. The van der Waals surface area contributed by atoms with Crippen molar-refractivity contribution in [1.82, 2.24) is 0 Å². The molecule has 0 aliphatic heterocycles. The fourth-order valence-electron chi connectivity index (χ4n) is 2.10. The van der Waals surface area contributed by atoms with Crippen molar-refractivity contribution in [1.29, 1.82) is 0 Å². The van der Waals surface area contributed by atoms with Crippen molar-refractivity contribution in [2.24, 2.45) is 5.92 Å². The summed E-state index contributed by atoms with van der Waals surface area (Å²) < 4.78 is 10.6. The van der Waals surface area contributed by atoms with E-state index in [0.29, 0.717) is 6.10 Å². The summed E-state index contributed by atoms with van der Waals surface area (Å²) in [7, 11) is 3.62. The summed E-state index contributed by atoms with van der Waals surface area (Å²) in [5.41, 5.74) is 0. The molecule has 2 heteroatoms. The van der Waals surface area contributed by atoms with Gasteiger partial charge in [0.15, 0.2) is 0 Å². The molecule has 0 bridgehead atoms. The molecule has 0 spiro atoms. The number of hydrogen-bond donors (Lipinski definition) is 0. The Balaban J connectivity index is 3.57. The molecule has 0 heterocycles.